The molecule has 2 aromatic heterocycles. The van der Waals surface area contributed by atoms with Gasteiger partial charge in [-0.05, 0) is 29.1 Å². The van der Waals surface area contributed by atoms with Crippen LogP contribution in [0, 0.1) is 0 Å². The molecule has 0 saturated carbocycles. The third kappa shape index (κ3) is 4.18. The fourth-order valence-corrected chi connectivity index (χ4v) is 3.62. The van der Waals surface area contributed by atoms with Gasteiger partial charge in [0.1, 0.15) is 6.54 Å². The Kier molecular flexibility index (Phi) is 5.46. The van der Waals surface area contributed by atoms with Crippen LogP contribution in [0.2, 0.25) is 0 Å². The molecule has 6 heteroatoms. The number of hydrogen-bond acceptors (Lipinski definition) is 4. The second-order valence-corrected chi connectivity index (χ2v) is 6.76. The van der Waals surface area contributed by atoms with E-state index < -0.39 is 0 Å². The summed E-state index contributed by atoms with van der Waals surface area (Å²) < 4.78 is 7.46. The highest BCUT2D eigenvalue weighted by Gasteiger charge is 2.23. The van der Waals surface area contributed by atoms with Crippen molar-refractivity contribution in [1.82, 2.24) is 19.8 Å². The summed E-state index contributed by atoms with van der Waals surface area (Å²) in [5.41, 5.74) is 2.19. The maximum atomic E-state index is 12.6. The highest BCUT2D eigenvalue weighted by molar-refractivity contribution is 5.83. The van der Waals surface area contributed by atoms with Gasteiger partial charge in [0, 0.05) is 43.7 Å². The molecule has 1 saturated heterocycles. The van der Waals surface area contributed by atoms with Crippen molar-refractivity contribution in [3.05, 3.63) is 66.6 Å². The lowest BCUT2D eigenvalue weighted by atomic mass is 10.1. The van der Waals surface area contributed by atoms with Gasteiger partial charge in [0.15, 0.2) is 0 Å². The molecular formula is C21H24N4O2. The minimum Gasteiger partial charge on any atom is -0.379 e. The van der Waals surface area contributed by atoms with E-state index in [1.165, 1.54) is 0 Å². The van der Waals surface area contributed by atoms with Crippen molar-refractivity contribution in [3.63, 3.8) is 0 Å². The van der Waals surface area contributed by atoms with Gasteiger partial charge in [-0.15, -0.1) is 0 Å². The summed E-state index contributed by atoms with van der Waals surface area (Å²) in [6.07, 6.45) is 5.62. The number of morpholine rings is 1. The zero-order valence-electron chi connectivity index (χ0n) is 15.3. The molecule has 27 heavy (non-hydrogen) atoms. The van der Waals surface area contributed by atoms with E-state index in [1.807, 2.05) is 47.3 Å². The number of nitrogens with one attached hydrogen (secondary N) is 1. The van der Waals surface area contributed by atoms with Crippen molar-refractivity contribution in [1.29, 1.82) is 0 Å². The Morgan fingerprint density at radius 2 is 2.00 bits per heavy atom. The minimum absolute atomic E-state index is 0.0125. The number of nitrogens with zero attached hydrogens (tertiary/aromatic N) is 3. The predicted molar refractivity (Wildman–Crippen MR) is 104 cm³/mol. The number of hydrogen-bond donors (Lipinski definition) is 1. The van der Waals surface area contributed by atoms with Crippen LogP contribution in [-0.4, -0.2) is 53.2 Å². The first-order chi connectivity index (χ1) is 13.3. The van der Waals surface area contributed by atoms with Gasteiger partial charge in [-0.2, -0.15) is 0 Å². The number of aromatic nitrogens is 2. The van der Waals surface area contributed by atoms with E-state index in [2.05, 4.69) is 27.3 Å². The maximum absolute atomic E-state index is 12.6. The van der Waals surface area contributed by atoms with E-state index in [0.29, 0.717) is 13.1 Å². The highest BCUT2D eigenvalue weighted by Crippen LogP contribution is 2.20. The van der Waals surface area contributed by atoms with Crippen LogP contribution in [0.25, 0.3) is 10.9 Å². The second-order valence-electron chi connectivity index (χ2n) is 6.76. The Morgan fingerprint density at radius 1 is 1.15 bits per heavy atom. The largest absolute Gasteiger partial charge is 0.379 e. The third-order valence-electron chi connectivity index (χ3n) is 5.04. The third-order valence-corrected chi connectivity index (χ3v) is 5.04. The van der Waals surface area contributed by atoms with E-state index in [9.17, 15) is 4.79 Å². The number of rotatable bonds is 6. The number of ether oxygens (including phenoxy) is 1. The Morgan fingerprint density at radius 3 is 2.81 bits per heavy atom. The van der Waals surface area contributed by atoms with Crippen molar-refractivity contribution in [2.45, 2.75) is 12.6 Å². The molecule has 1 atom stereocenters. The molecule has 0 spiro atoms. The van der Waals surface area contributed by atoms with E-state index >= 15 is 0 Å². The zero-order valence-corrected chi connectivity index (χ0v) is 15.3. The van der Waals surface area contributed by atoms with Crippen LogP contribution in [0.15, 0.2) is 61.1 Å². The number of benzene rings is 1. The molecule has 0 radical (unpaired) electrons. The van der Waals surface area contributed by atoms with E-state index in [1.54, 1.807) is 6.20 Å². The quantitative estimate of drug-likeness (QED) is 0.729. The molecule has 1 unspecified atom stereocenters. The number of carbonyl (C=O) groups is 1. The van der Waals surface area contributed by atoms with Crippen LogP contribution >= 0.6 is 0 Å². The first-order valence-corrected chi connectivity index (χ1v) is 9.33. The molecule has 0 bridgehead atoms. The van der Waals surface area contributed by atoms with Gasteiger partial charge in [0.05, 0.1) is 19.3 Å². The molecule has 0 aliphatic carbocycles. The molecule has 1 aliphatic heterocycles. The summed E-state index contributed by atoms with van der Waals surface area (Å²) in [5, 5.41) is 4.26. The second kappa shape index (κ2) is 8.33. The van der Waals surface area contributed by atoms with Crippen LogP contribution in [0.1, 0.15) is 11.6 Å². The Bertz CT molecular complexity index is 887. The summed E-state index contributed by atoms with van der Waals surface area (Å²) in [4.78, 5) is 19.2. The predicted octanol–water partition coefficient (Wildman–Crippen LogP) is 2.23. The average molecular weight is 364 g/mol. The summed E-state index contributed by atoms with van der Waals surface area (Å²) in [5.74, 6) is 0.0125. The van der Waals surface area contributed by atoms with Gasteiger partial charge in [0.2, 0.25) is 5.91 Å². The maximum Gasteiger partial charge on any atom is 0.240 e. The molecule has 1 aliphatic rings. The fraction of sp³-hybridized carbons (Fsp3) is 0.333. The molecule has 3 aromatic rings. The van der Waals surface area contributed by atoms with Gasteiger partial charge < -0.3 is 14.6 Å². The minimum atomic E-state index is 0.0125. The van der Waals surface area contributed by atoms with Crippen molar-refractivity contribution >= 4 is 16.8 Å². The standard InChI is InChI=1S/C21H24N4O2/c26-21(16-25-9-7-17-4-1-2-6-19(17)25)23-15-20(18-5-3-8-22-14-18)24-10-12-27-13-11-24/h1-9,14,20H,10-13,15-16H2,(H,23,26). The molecule has 3 heterocycles. The number of amides is 1. The summed E-state index contributed by atoms with van der Waals surface area (Å²) in [7, 11) is 0. The molecule has 1 fully saturated rings. The van der Waals surface area contributed by atoms with Gasteiger partial charge >= 0.3 is 0 Å². The molecule has 6 nitrogen and oxygen atoms in total. The Hall–Kier alpha value is -2.70. The highest BCUT2D eigenvalue weighted by atomic mass is 16.5. The molecule has 4 rings (SSSR count). The van der Waals surface area contributed by atoms with Crippen LogP contribution in [0.5, 0.6) is 0 Å². The monoisotopic (exact) mass is 364 g/mol. The Balaban J connectivity index is 1.43. The number of fused-ring (bicyclic) bond motifs is 1. The lowest BCUT2D eigenvalue weighted by molar-refractivity contribution is -0.122. The molecule has 140 valence electrons. The van der Waals surface area contributed by atoms with Gasteiger partial charge in [0.25, 0.3) is 0 Å². The summed E-state index contributed by atoms with van der Waals surface area (Å²) in [6.45, 7) is 4.04. The van der Waals surface area contributed by atoms with Crippen molar-refractivity contribution in [3.8, 4) is 0 Å². The molecule has 1 aromatic carbocycles. The van der Waals surface area contributed by atoms with Crippen LogP contribution in [-0.2, 0) is 16.1 Å². The topological polar surface area (TPSA) is 59.4 Å². The van der Waals surface area contributed by atoms with Gasteiger partial charge in [-0.1, -0.05) is 24.3 Å². The first-order valence-electron chi connectivity index (χ1n) is 9.33. The van der Waals surface area contributed by atoms with E-state index in [-0.39, 0.29) is 11.9 Å². The van der Waals surface area contributed by atoms with Gasteiger partial charge in [-0.25, -0.2) is 0 Å². The molecular weight excluding hydrogens is 340 g/mol. The van der Waals surface area contributed by atoms with E-state index in [0.717, 1.165) is 42.8 Å². The van der Waals surface area contributed by atoms with Crippen molar-refractivity contribution in [2.24, 2.45) is 0 Å². The van der Waals surface area contributed by atoms with Crippen LogP contribution in [0.4, 0.5) is 0 Å². The van der Waals surface area contributed by atoms with Crippen LogP contribution in [0.3, 0.4) is 0 Å². The summed E-state index contributed by atoms with van der Waals surface area (Å²) >= 11 is 0. The molecule has 1 N–H and O–H groups in total. The first kappa shape index (κ1) is 17.7. The Labute approximate surface area is 158 Å². The summed E-state index contributed by atoms with van der Waals surface area (Å²) in [6, 6.07) is 14.2. The SMILES string of the molecule is O=C(Cn1ccc2ccccc21)NCC(c1cccnc1)N1CCOCC1. The van der Waals surface area contributed by atoms with Crippen molar-refractivity contribution in [2.75, 3.05) is 32.8 Å². The smallest absolute Gasteiger partial charge is 0.240 e. The lowest BCUT2D eigenvalue weighted by Crippen LogP contribution is -2.44. The normalized spacial score (nSPS) is 16.3. The van der Waals surface area contributed by atoms with Crippen LogP contribution < -0.4 is 5.32 Å². The average Bonchev–Trinajstić information content (AvgIpc) is 3.13. The van der Waals surface area contributed by atoms with E-state index in [4.69, 9.17) is 4.74 Å². The fourth-order valence-electron chi connectivity index (χ4n) is 3.62. The van der Waals surface area contributed by atoms with Gasteiger partial charge in [-0.3, -0.25) is 14.7 Å². The number of para-hydroxylation sites is 1. The number of pyridine rings is 1. The number of carbonyl (C=O) groups excluding carboxylic acids is 1. The van der Waals surface area contributed by atoms with Crippen molar-refractivity contribution < 1.29 is 9.53 Å². The molecule has 1 amide bonds. The lowest BCUT2D eigenvalue weighted by Gasteiger charge is -2.34. The zero-order chi connectivity index (χ0) is 18.5.